The van der Waals surface area contributed by atoms with Crippen LogP contribution in [0.3, 0.4) is 0 Å². The Morgan fingerprint density at radius 2 is 1.44 bits per heavy atom. The van der Waals surface area contributed by atoms with E-state index < -0.39 is 0 Å². The van der Waals surface area contributed by atoms with Crippen LogP contribution in [0.25, 0.3) is 0 Å². The molecule has 1 atom stereocenters. The fourth-order valence-corrected chi connectivity index (χ4v) is 2.61. The smallest absolute Gasteiger partial charge is 0.265 e. The number of nitrogen functional groups attached to an aromatic ring is 2. The molecule has 0 aliphatic carbocycles. The highest BCUT2D eigenvalue weighted by Crippen LogP contribution is 2.28. The Morgan fingerprint density at radius 1 is 0.920 bits per heavy atom. The van der Waals surface area contributed by atoms with Crippen LogP contribution in [0.5, 0.6) is 0 Å². The summed E-state index contributed by atoms with van der Waals surface area (Å²) in [6.45, 7) is 0.246. The van der Waals surface area contributed by atoms with Crippen molar-refractivity contribution in [1.29, 1.82) is 0 Å². The van der Waals surface area contributed by atoms with Crippen molar-refractivity contribution in [2.24, 2.45) is 16.7 Å². The van der Waals surface area contributed by atoms with Crippen LogP contribution in [0.15, 0.2) is 53.5 Å². The van der Waals surface area contributed by atoms with Gasteiger partial charge in [-0.25, -0.2) is 11.7 Å². The summed E-state index contributed by atoms with van der Waals surface area (Å²) < 4.78 is 5.70. The fraction of sp³-hybridized carbons (Fsp3) is 0.118. The average Bonchev–Trinajstić information content (AvgIpc) is 3.16. The molecule has 0 bridgehead atoms. The number of carbonyl (C=O) groups is 2. The maximum atomic E-state index is 11.5. The van der Waals surface area contributed by atoms with Crippen LogP contribution in [0.1, 0.15) is 37.9 Å². The Bertz CT molecular complexity index is 815. The zero-order valence-electron chi connectivity index (χ0n) is 13.2. The van der Waals surface area contributed by atoms with Crippen molar-refractivity contribution in [2.45, 2.75) is 6.10 Å². The van der Waals surface area contributed by atoms with Gasteiger partial charge in [0.2, 0.25) is 0 Å². The van der Waals surface area contributed by atoms with E-state index in [-0.39, 0.29) is 24.6 Å². The van der Waals surface area contributed by atoms with E-state index in [9.17, 15) is 9.59 Å². The Balaban J connectivity index is 1.83. The predicted octanol–water partition coefficient (Wildman–Crippen LogP) is 0.412. The van der Waals surface area contributed by atoms with Gasteiger partial charge in [-0.3, -0.25) is 25.4 Å². The number of rotatable bonds is 4. The lowest BCUT2D eigenvalue weighted by molar-refractivity contribution is 0.0945. The van der Waals surface area contributed by atoms with Gasteiger partial charge >= 0.3 is 0 Å². The first kappa shape index (κ1) is 16.8. The third-order valence-electron chi connectivity index (χ3n) is 3.91. The van der Waals surface area contributed by atoms with Gasteiger partial charge in [0, 0.05) is 11.1 Å². The first-order valence-corrected chi connectivity index (χ1v) is 7.52. The van der Waals surface area contributed by atoms with Gasteiger partial charge in [0.05, 0.1) is 5.71 Å². The number of nitrogens with one attached hydrogen (secondary N) is 2. The van der Waals surface area contributed by atoms with E-state index in [1.54, 1.807) is 48.5 Å². The molecule has 2 aromatic carbocycles. The normalized spacial score (nSPS) is 16.2. The van der Waals surface area contributed by atoms with Gasteiger partial charge in [-0.15, -0.1) is 0 Å². The summed E-state index contributed by atoms with van der Waals surface area (Å²) >= 11 is 0. The molecule has 0 spiro atoms. The van der Waals surface area contributed by atoms with E-state index in [2.05, 4.69) is 15.8 Å². The molecule has 128 valence electrons. The maximum absolute atomic E-state index is 11.5. The Hall–Kier alpha value is -3.07. The van der Waals surface area contributed by atoms with Gasteiger partial charge in [-0.2, -0.15) is 0 Å². The number of hydrogen-bond donors (Lipinski definition) is 4. The molecular formula is C17H17N5O3. The van der Waals surface area contributed by atoms with Crippen molar-refractivity contribution >= 4 is 17.5 Å². The number of nitrogens with two attached hydrogens (primary N) is 2. The number of amides is 2. The second-order valence-corrected chi connectivity index (χ2v) is 5.37. The lowest BCUT2D eigenvalue weighted by Crippen LogP contribution is -2.30. The molecule has 1 unspecified atom stereocenters. The topological polar surface area (TPSA) is 132 Å². The standard InChI is InChI=1S/C17H17N5O3/c18-21-16(23)12-5-1-10(2-6-12)14-15(25-9-20-14)11-3-7-13(8-4-11)17(24)22-19/h1-8,15H,9,18-19H2,(H,21,23)(H,22,24). The van der Waals surface area contributed by atoms with Crippen LogP contribution >= 0.6 is 0 Å². The predicted molar refractivity (Wildman–Crippen MR) is 91.4 cm³/mol. The van der Waals surface area contributed by atoms with Gasteiger partial charge in [-0.05, 0) is 35.4 Å². The number of hydrogen-bond acceptors (Lipinski definition) is 6. The maximum Gasteiger partial charge on any atom is 0.265 e. The van der Waals surface area contributed by atoms with E-state index in [1.165, 1.54) is 0 Å². The highest BCUT2D eigenvalue weighted by atomic mass is 16.5. The second kappa shape index (κ2) is 7.22. The number of aliphatic imine (C=N–C) groups is 1. The SMILES string of the molecule is NNC(=O)c1ccc(C2=NCOC2c2ccc(C(=O)NN)cc2)cc1. The third-order valence-corrected chi connectivity index (χ3v) is 3.91. The zero-order chi connectivity index (χ0) is 17.8. The van der Waals surface area contributed by atoms with E-state index in [0.29, 0.717) is 11.1 Å². The summed E-state index contributed by atoms with van der Waals surface area (Å²) in [4.78, 5) is 27.4. The molecule has 0 radical (unpaired) electrons. The van der Waals surface area contributed by atoms with Crippen molar-refractivity contribution < 1.29 is 14.3 Å². The summed E-state index contributed by atoms with van der Waals surface area (Å²) in [6, 6.07) is 13.9. The van der Waals surface area contributed by atoms with Crippen molar-refractivity contribution in [2.75, 3.05) is 6.73 Å². The third kappa shape index (κ3) is 3.41. The number of benzene rings is 2. The molecule has 1 aliphatic heterocycles. The summed E-state index contributed by atoms with van der Waals surface area (Å²) in [5.74, 6) is 9.53. The summed E-state index contributed by atoms with van der Waals surface area (Å²) in [5.41, 5.74) is 7.57. The molecule has 0 aromatic heterocycles. The Morgan fingerprint density at radius 3 is 1.96 bits per heavy atom. The molecule has 6 N–H and O–H groups in total. The van der Waals surface area contributed by atoms with Gasteiger partial charge < -0.3 is 4.74 Å². The highest BCUT2D eigenvalue weighted by molar-refractivity contribution is 6.06. The van der Waals surface area contributed by atoms with E-state index >= 15 is 0 Å². The van der Waals surface area contributed by atoms with Crippen molar-refractivity contribution in [3.8, 4) is 0 Å². The van der Waals surface area contributed by atoms with E-state index in [4.69, 9.17) is 16.4 Å². The summed E-state index contributed by atoms with van der Waals surface area (Å²) in [6.07, 6.45) is -0.343. The first-order valence-electron chi connectivity index (χ1n) is 7.52. The number of nitrogens with zero attached hydrogens (tertiary/aromatic N) is 1. The van der Waals surface area contributed by atoms with Crippen LogP contribution < -0.4 is 22.5 Å². The van der Waals surface area contributed by atoms with Crippen molar-refractivity contribution in [3.63, 3.8) is 0 Å². The van der Waals surface area contributed by atoms with Crippen LogP contribution in [-0.4, -0.2) is 24.3 Å². The molecule has 1 aliphatic rings. The first-order chi connectivity index (χ1) is 12.1. The molecule has 0 fully saturated rings. The monoisotopic (exact) mass is 339 g/mol. The van der Waals surface area contributed by atoms with Gasteiger partial charge in [0.15, 0.2) is 0 Å². The fourth-order valence-electron chi connectivity index (χ4n) is 2.61. The quantitative estimate of drug-likeness (QED) is 0.364. The highest BCUT2D eigenvalue weighted by Gasteiger charge is 2.25. The van der Waals surface area contributed by atoms with Crippen molar-refractivity contribution in [3.05, 3.63) is 70.8 Å². The minimum absolute atomic E-state index is 0.246. The van der Waals surface area contributed by atoms with E-state index in [0.717, 1.165) is 16.8 Å². The number of carbonyl (C=O) groups excluding carboxylic acids is 2. The van der Waals surface area contributed by atoms with E-state index in [1.807, 2.05) is 0 Å². The van der Waals surface area contributed by atoms with Crippen LogP contribution in [0.4, 0.5) is 0 Å². The Kier molecular flexibility index (Phi) is 4.85. The van der Waals surface area contributed by atoms with Crippen LogP contribution in [-0.2, 0) is 4.74 Å². The van der Waals surface area contributed by atoms with Gasteiger partial charge in [-0.1, -0.05) is 24.3 Å². The van der Waals surface area contributed by atoms with Gasteiger partial charge in [0.1, 0.15) is 12.8 Å². The van der Waals surface area contributed by atoms with Crippen LogP contribution in [0, 0.1) is 0 Å². The summed E-state index contributed by atoms with van der Waals surface area (Å²) in [7, 11) is 0. The van der Waals surface area contributed by atoms with Crippen LogP contribution in [0.2, 0.25) is 0 Å². The minimum atomic E-state index is -0.360. The molecule has 2 aromatic rings. The molecule has 0 saturated carbocycles. The lowest BCUT2D eigenvalue weighted by atomic mass is 9.97. The molecule has 3 rings (SSSR count). The molecule has 8 nitrogen and oxygen atoms in total. The molecule has 1 heterocycles. The molecule has 8 heteroatoms. The minimum Gasteiger partial charge on any atom is -0.345 e. The molecule has 2 amide bonds. The Labute approximate surface area is 143 Å². The lowest BCUT2D eigenvalue weighted by Gasteiger charge is -2.14. The molecule has 0 saturated heterocycles. The molecule has 25 heavy (non-hydrogen) atoms. The van der Waals surface area contributed by atoms with Crippen molar-refractivity contribution in [1.82, 2.24) is 10.9 Å². The average molecular weight is 339 g/mol. The largest absolute Gasteiger partial charge is 0.345 e. The number of ether oxygens (including phenoxy) is 1. The zero-order valence-corrected chi connectivity index (χ0v) is 13.2. The number of hydrazine groups is 2. The molecular weight excluding hydrogens is 322 g/mol. The second-order valence-electron chi connectivity index (χ2n) is 5.37. The summed E-state index contributed by atoms with van der Waals surface area (Å²) in [5, 5.41) is 0. The van der Waals surface area contributed by atoms with Gasteiger partial charge in [0.25, 0.3) is 11.8 Å².